The molecule has 0 unspecified atom stereocenters. The van der Waals surface area contributed by atoms with Crippen LogP contribution in [0.5, 0.6) is 0 Å². The van der Waals surface area contributed by atoms with Crippen molar-refractivity contribution < 1.29 is 0 Å². The van der Waals surface area contributed by atoms with E-state index >= 15 is 0 Å². The van der Waals surface area contributed by atoms with Gasteiger partial charge in [-0.2, -0.15) is 0 Å². The Balaban J connectivity index is 2.73. The second kappa shape index (κ2) is 4.42. The minimum atomic E-state index is -0.0827. The maximum absolute atomic E-state index is 11.3. The summed E-state index contributed by atoms with van der Waals surface area (Å²) in [5.41, 5.74) is -0.0827. The zero-order chi connectivity index (χ0) is 9.84. The molecule has 0 amide bonds. The van der Waals surface area contributed by atoms with E-state index in [0.717, 1.165) is 6.42 Å². The van der Waals surface area contributed by atoms with Crippen LogP contribution in [0.15, 0.2) is 17.2 Å². The molecule has 1 rings (SSSR count). The molecule has 0 aliphatic rings. The summed E-state index contributed by atoms with van der Waals surface area (Å²) >= 11 is 5.56. The summed E-state index contributed by atoms with van der Waals surface area (Å²) in [5, 5.41) is 0.255. The molecule has 13 heavy (non-hydrogen) atoms. The summed E-state index contributed by atoms with van der Waals surface area (Å²) < 4.78 is 1.58. The lowest BCUT2D eigenvalue weighted by Crippen LogP contribution is -2.20. The van der Waals surface area contributed by atoms with Gasteiger partial charge in [0.15, 0.2) is 0 Å². The summed E-state index contributed by atoms with van der Waals surface area (Å²) in [7, 11) is 0. The first-order chi connectivity index (χ1) is 6.09. The summed E-state index contributed by atoms with van der Waals surface area (Å²) in [4.78, 5) is 15.1. The molecule has 0 saturated carbocycles. The fourth-order valence-corrected chi connectivity index (χ4v) is 1.11. The van der Waals surface area contributed by atoms with Crippen LogP contribution in [0.1, 0.15) is 20.3 Å². The van der Waals surface area contributed by atoms with Crippen LogP contribution in [-0.2, 0) is 6.54 Å². The highest BCUT2D eigenvalue weighted by Gasteiger charge is 1.99. The van der Waals surface area contributed by atoms with Crippen molar-refractivity contribution in [2.75, 3.05) is 0 Å². The number of hydrogen-bond acceptors (Lipinski definition) is 2. The number of aromatic nitrogens is 2. The third-order valence-corrected chi connectivity index (χ3v) is 2.00. The van der Waals surface area contributed by atoms with E-state index in [1.165, 1.54) is 12.4 Å². The molecule has 72 valence electrons. The second-order valence-electron chi connectivity index (χ2n) is 3.43. The Morgan fingerprint density at radius 3 is 2.85 bits per heavy atom. The molecule has 0 saturated heterocycles. The molecule has 0 spiro atoms. The average Bonchev–Trinajstić information content (AvgIpc) is 2.02. The third-order valence-electron chi connectivity index (χ3n) is 1.79. The summed E-state index contributed by atoms with van der Waals surface area (Å²) in [6.07, 6.45) is 2.47. The van der Waals surface area contributed by atoms with Crippen LogP contribution in [0.4, 0.5) is 0 Å². The van der Waals surface area contributed by atoms with Crippen LogP contribution in [0.3, 0.4) is 0 Å². The third kappa shape index (κ3) is 3.19. The van der Waals surface area contributed by atoms with Gasteiger partial charge in [0, 0.05) is 12.6 Å². The maximum Gasteiger partial charge on any atom is 0.254 e. The Labute approximate surface area is 82.4 Å². The van der Waals surface area contributed by atoms with Gasteiger partial charge in [-0.15, -0.1) is 0 Å². The fraction of sp³-hybridized carbons (Fsp3) is 0.556. The van der Waals surface area contributed by atoms with E-state index in [1.54, 1.807) is 4.57 Å². The zero-order valence-corrected chi connectivity index (χ0v) is 8.58. The van der Waals surface area contributed by atoms with Crippen molar-refractivity contribution in [3.05, 3.63) is 27.9 Å². The van der Waals surface area contributed by atoms with Crippen LogP contribution in [-0.4, -0.2) is 9.55 Å². The van der Waals surface area contributed by atoms with Gasteiger partial charge in [-0.05, 0) is 12.3 Å². The lowest BCUT2D eigenvalue weighted by atomic mass is 10.1. The lowest BCUT2D eigenvalue weighted by Gasteiger charge is -2.06. The minimum absolute atomic E-state index is 0.0827. The van der Waals surface area contributed by atoms with Crippen molar-refractivity contribution in [3.63, 3.8) is 0 Å². The van der Waals surface area contributed by atoms with E-state index in [9.17, 15) is 4.79 Å². The topological polar surface area (TPSA) is 34.9 Å². The van der Waals surface area contributed by atoms with E-state index in [0.29, 0.717) is 12.5 Å². The van der Waals surface area contributed by atoms with E-state index in [4.69, 9.17) is 11.6 Å². The average molecular weight is 201 g/mol. The van der Waals surface area contributed by atoms with Gasteiger partial charge in [-0.1, -0.05) is 25.4 Å². The molecule has 0 N–H and O–H groups in total. The number of rotatable bonds is 3. The van der Waals surface area contributed by atoms with Gasteiger partial charge < -0.3 is 0 Å². The molecule has 1 aromatic rings. The molecule has 0 bridgehead atoms. The normalized spacial score (nSPS) is 10.8. The minimum Gasteiger partial charge on any atom is -0.299 e. The fourth-order valence-electron chi connectivity index (χ4n) is 0.969. The predicted octanol–water partition coefficient (Wildman–Crippen LogP) is 1.94. The number of hydrogen-bond donors (Lipinski definition) is 0. The molecule has 1 aromatic heterocycles. The molecule has 0 atom stereocenters. The Morgan fingerprint density at radius 1 is 1.62 bits per heavy atom. The number of nitrogens with zero attached hydrogens (tertiary/aromatic N) is 2. The molecule has 0 fully saturated rings. The molecular formula is C9H13ClN2O. The first kappa shape index (κ1) is 10.3. The first-order valence-corrected chi connectivity index (χ1v) is 4.69. The molecule has 0 aliphatic heterocycles. The largest absolute Gasteiger partial charge is 0.299 e. The quantitative estimate of drug-likeness (QED) is 0.699. The molecule has 3 nitrogen and oxygen atoms in total. The summed E-state index contributed by atoms with van der Waals surface area (Å²) in [6, 6.07) is 1.34. The molecule has 1 heterocycles. The highest BCUT2D eigenvalue weighted by atomic mass is 35.5. The standard InChI is InChI=1S/C9H13ClN2O/c1-7(2)3-4-12-6-11-8(10)5-9(12)13/h5-7H,3-4H2,1-2H3. The van der Waals surface area contributed by atoms with Gasteiger partial charge in [-0.25, -0.2) is 4.98 Å². The molecule has 0 aromatic carbocycles. The van der Waals surface area contributed by atoms with E-state index in [-0.39, 0.29) is 10.7 Å². The van der Waals surface area contributed by atoms with Crippen molar-refractivity contribution in [1.29, 1.82) is 0 Å². The second-order valence-corrected chi connectivity index (χ2v) is 3.81. The van der Waals surface area contributed by atoms with Crippen LogP contribution in [0.2, 0.25) is 5.15 Å². The lowest BCUT2D eigenvalue weighted by molar-refractivity contribution is 0.504. The number of aryl methyl sites for hydroxylation is 1. The summed E-state index contributed by atoms with van der Waals surface area (Å²) in [5.74, 6) is 0.586. The molecule has 0 aliphatic carbocycles. The molecule has 0 radical (unpaired) electrons. The van der Waals surface area contributed by atoms with Gasteiger partial charge in [0.25, 0.3) is 5.56 Å². The van der Waals surface area contributed by atoms with E-state index < -0.39 is 0 Å². The monoisotopic (exact) mass is 200 g/mol. The molecular weight excluding hydrogens is 188 g/mol. The van der Waals surface area contributed by atoms with Crippen molar-refractivity contribution in [2.45, 2.75) is 26.8 Å². The smallest absolute Gasteiger partial charge is 0.254 e. The van der Waals surface area contributed by atoms with E-state index in [1.807, 2.05) is 0 Å². The van der Waals surface area contributed by atoms with E-state index in [2.05, 4.69) is 18.8 Å². The Bertz CT molecular complexity index is 333. The first-order valence-electron chi connectivity index (χ1n) is 4.31. The van der Waals surface area contributed by atoms with Crippen molar-refractivity contribution in [1.82, 2.24) is 9.55 Å². The SMILES string of the molecule is CC(C)CCn1cnc(Cl)cc1=O. The maximum atomic E-state index is 11.3. The van der Waals surface area contributed by atoms with Gasteiger partial charge in [0.2, 0.25) is 0 Å². The highest BCUT2D eigenvalue weighted by Crippen LogP contribution is 2.01. The Hall–Kier alpha value is -0.830. The van der Waals surface area contributed by atoms with Gasteiger partial charge >= 0.3 is 0 Å². The zero-order valence-electron chi connectivity index (χ0n) is 7.83. The highest BCUT2D eigenvalue weighted by molar-refractivity contribution is 6.29. The van der Waals surface area contributed by atoms with Crippen LogP contribution in [0, 0.1) is 5.92 Å². The Morgan fingerprint density at radius 2 is 2.31 bits per heavy atom. The summed E-state index contributed by atoms with van der Waals surface area (Å²) in [6.45, 7) is 4.95. The predicted molar refractivity (Wildman–Crippen MR) is 53.0 cm³/mol. The Kier molecular flexibility index (Phi) is 3.48. The van der Waals surface area contributed by atoms with Crippen LogP contribution >= 0.6 is 11.6 Å². The van der Waals surface area contributed by atoms with Gasteiger partial charge in [0.05, 0.1) is 6.33 Å². The van der Waals surface area contributed by atoms with Gasteiger partial charge in [0.1, 0.15) is 5.15 Å². The van der Waals surface area contributed by atoms with Crippen molar-refractivity contribution in [3.8, 4) is 0 Å². The molecule has 4 heteroatoms. The van der Waals surface area contributed by atoms with Crippen molar-refractivity contribution >= 4 is 11.6 Å². The van der Waals surface area contributed by atoms with Crippen LogP contribution < -0.4 is 5.56 Å². The number of halogens is 1. The van der Waals surface area contributed by atoms with Gasteiger partial charge in [-0.3, -0.25) is 9.36 Å². The van der Waals surface area contributed by atoms with Crippen LogP contribution in [0.25, 0.3) is 0 Å². The van der Waals surface area contributed by atoms with Crippen molar-refractivity contribution in [2.24, 2.45) is 5.92 Å².